The molecule has 7 heteroatoms. The van der Waals surface area contributed by atoms with Crippen LogP contribution in [0.25, 0.3) is 0 Å². The molecule has 166 valence electrons. The standard InChI is InChI=1S/C22H39N3O3S/c1-7-11-15-29(27,28)23-20-12-13-21(24(5)6)19(16-20)17-25(14-8-2)22(26)18(9-3)10-4/h12-13,16,18,23H,7-11,14-15,17H2,1-6H3. The quantitative estimate of drug-likeness (QED) is 0.506. The molecule has 0 unspecified atom stereocenters. The van der Waals surface area contributed by atoms with E-state index < -0.39 is 10.0 Å². The summed E-state index contributed by atoms with van der Waals surface area (Å²) >= 11 is 0. The maximum Gasteiger partial charge on any atom is 0.232 e. The van der Waals surface area contributed by atoms with Crippen LogP contribution in [0.5, 0.6) is 0 Å². The predicted molar refractivity (Wildman–Crippen MR) is 123 cm³/mol. The number of hydrogen-bond donors (Lipinski definition) is 1. The first-order valence-electron chi connectivity index (χ1n) is 10.8. The van der Waals surface area contributed by atoms with Crippen LogP contribution in [0.1, 0.15) is 65.4 Å². The zero-order valence-corrected chi connectivity index (χ0v) is 19.8. The Balaban J connectivity index is 3.19. The highest BCUT2D eigenvalue weighted by Crippen LogP contribution is 2.26. The predicted octanol–water partition coefficient (Wildman–Crippen LogP) is 4.47. The maximum atomic E-state index is 13.0. The van der Waals surface area contributed by atoms with Gasteiger partial charge in [0, 0.05) is 44.5 Å². The fraction of sp³-hybridized carbons (Fsp3) is 0.682. The van der Waals surface area contributed by atoms with Crippen LogP contribution in [0.15, 0.2) is 18.2 Å². The number of carbonyl (C=O) groups is 1. The van der Waals surface area contributed by atoms with Gasteiger partial charge in [0.25, 0.3) is 0 Å². The molecule has 0 aromatic heterocycles. The van der Waals surface area contributed by atoms with Crippen LogP contribution in [-0.4, -0.2) is 45.6 Å². The lowest BCUT2D eigenvalue weighted by Crippen LogP contribution is -2.36. The summed E-state index contributed by atoms with van der Waals surface area (Å²) < 4.78 is 27.3. The van der Waals surface area contributed by atoms with Gasteiger partial charge in [-0.2, -0.15) is 0 Å². The molecule has 0 aliphatic heterocycles. The molecule has 0 aliphatic rings. The number of sulfonamides is 1. The Morgan fingerprint density at radius 1 is 1.07 bits per heavy atom. The summed E-state index contributed by atoms with van der Waals surface area (Å²) in [4.78, 5) is 16.9. The minimum absolute atomic E-state index is 0.0279. The van der Waals surface area contributed by atoms with E-state index in [-0.39, 0.29) is 17.6 Å². The van der Waals surface area contributed by atoms with Crippen LogP contribution in [-0.2, 0) is 21.4 Å². The molecule has 0 atom stereocenters. The Bertz CT molecular complexity index is 744. The van der Waals surface area contributed by atoms with Gasteiger partial charge < -0.3 is 9.80 Å². The van der Waals surface area contributed by atoms with Crippen LogP contribution in [0, 0.1) is 5.92 Å². The van der Waals surface area contributed by atoms with Crippen molar-refractivity contribution in [3.63, 3.8) is 0 Å². The fourth-order valence-electron chi connectivity index (χ4n) is 3.42. The van der Waals surface area contributed by atoms with Gasteiger partial charge in [0.2, 0.25) is 15.9 Å². The average Bonchev–Trinajstić information content (AvgIpc) is 2.66. The Kier molecular flexibility index (Phi) is 10.5. The molecule has 1 N–H and O–H groups in total. The van der Waals surface area contributed by atoms with Gasteiger partial charge in [0.1, 0.15) is 0 Å². The molecule has 29 heavy (non-hydrogen) atoms. The first kappa shape index (κ1) is 25.3. The van der Waals surface area contributed by atoms with E-state index in [0.717, 1.165) is 36.9 Å². The number of unbranched alkanes of at least 4 members (excludes halogenated alkanes) is 1. The minimum atomic E-state index is -3.37. The van der Waals surface area contributed by atoms with Crippen molar-refractivity contribution in [2.75, 3.05) is 36.0 Å². The van der Waals surface area contributed by atoms with E-state index >= 15 is 0 Å². The van der Waals surface area contributed by atoms with E-state index in [0.29, 0.717) is 25.2 Å². The monoisotopic (exact) mass is 425 g/mol. The van der Waals surface area contributed by atoms with Crippen LogP contribution in [0.4, 0.5) is 11.4 Å². The third-order valence-corrected chi connectivity index (χ3v) is 6.48. The summed E-state index contributed by atoms with van der Waals surface area (Å²) in [7, 11) is 0.543. The largest absolute Gasteiger partial charge is 0.377 e. The number of carbonyl (C=O) groups excluding carboxylic acids is 1. The third kappa shape index (κ3) is 7.88. The number of nitrogens with one attached hydrogen (secondary N) is 1. The van der Waals surface area contributed by atoms with Gasteiger partial charge in [-0.25, -0.2) is 8.42 Å². The van der Waals surface area contributed by atoms with Crippen molar-refractivity contribution in [3.05, 3.63) is 23.8 Å². The highest BCUT2D eigenvalue weighted by molar-refractivity contribution is 7.92. The van der Waals surface area contributed by atoms with Gasteiger partial charge in [-0.1, -0.05) is 34.1 Å². The van der Waals surface area contributed by atoms with Crippen LogP contribution in [0.2, 0.25) is 0 Å². The summed E-state index contributed by atoms with van der Waals surface area (Å²) in [5.74, 6) is 0.319. The zero-order chi connectivity index (χ0) is 22.0. The minimum Gasteiger partial charge on any atom is -0.377 e. The normalized spacial score (nSPS) is 11.6. The Hall–Kier alpha value is -1.76. The van der Waals surface area contributed by atoms with Crippen molar-refractivity contribution in [1.29, 1.82) is 0 Å². The van der Waals surface area contributed by atoms with Crippen molar-refractivity contribution in [3.8, 4) is 0 Å². The van der Waals surface area contributed by atoms with Crippen molar-refractivity contribution >= 4 is 27.3 Å². The van der Waals surface area contributed by atoms with Gasteiger partial charge in [0.05, 0.1) is 5.75 Å². The molecule has 0 saturated heterocycles. The van der Waals surface area contributed by atoms with Gasteiger partial charge in [-0.15, -0.1) is 0 Å². The second-order valence-corrected chi connectivity index (χ2v) is 9.63. The number of rotatable bonds is 13. The van der Waals surface area contributed by atoms with E-state index in [1.807, 2.05) is 56.8 Å². The molecule has 6 nitrogen and oxygen atoms in total. The lowest BCUT2D eigenvalue weighted by Gasteiger charge is -2.28. The number of nitrogens with zero attached hydrogens (tertiary/aromatic N) is 2. The molecule has 0 heterocycles. The second kappa shape index (κ2) is 12.1. The lowest BCUT2D eigenvalue weighted by atomic mass is 10.0. The molecule has 0 bridgehead atoms. The highest BCUT2D eigenvalue weighted by atomic mass is 32.2. The van der Waals surface area contributed by atoms with Crippen molar-refractivity contribution in [2.45, 2.75) is 66.3 Å². The fourth-order valence-corrected chi connectivity index (χ4v) is 4.67. The van der Waals surface area contributed by atoms with Gasteiger partial charge in [-0.05, 0) is 49.4 Å². The molecule has 0 fully saturated rings. The highest BCUT2D eigenvalue weighted by Gasteiger charge is 2.22. The topological polar surface area (TPSA) is 69.7 Å². The molecule has 0 saturated carbocycles. The summed E-state index contributed by atoms with van der Waals surface area (Å²) in [6, 6.07) is 5.57. The van der Waals surface area contributed by atoms with Gasteiger partial charge >= 0.3 is 0 Å². The Morgan fingerprint density at radius 3 is 2.24 bits per heavy atom. The van der Waals surface area contributed by atoms with E-state index in [9.17, 15) is 13.2 Å². The van der Waals surface area contributed by atoms with E-state index in [4.69, 9.17) is 0 Å². The van der Waals surface area contributed by atoms with Crippen LogP contribution < -0.4 is 9.62 Å². The number of anilines is 2. The molecular weight excluding hydrogens is 386 g/mol. The summed E-state index contributed by atoms with van der Waals surface area (Å²) in [5, 5.41) is 0. The molecule has 1 rings (SSSR count). The zero-order valence-electron chi connectivity index (χ0n) is 19.0. The van der Waals surface area contributed by atoms with E-state index in [1.165, 1.54) is 0 Å². The maximum absolute atomic E-state index is 13.0. The second-order valence-electron chi connectivity index (χ2n) is 7.79. The first-order chi connectivity index (χ1) is 13.7. The SMILES string of the molecule is CCCCS(=O)(=O)Nc1ccc(N(C)C)c(CN(CCC)C(=O)C(CC)CC)c1. The molecule has 0 aliphatic carbocycles. The average molecular weight is 426 g/mol. The number of hydrogen-bond acceptors (Lipinski definition) is 4. The number of benzene rings is 1. The van der Waals surface area contributed by atoms with Crippen LogP contribution >= 0.6 is 0 Å². The Morgan fingerprint density at radius 2 is 1.72 bits per heavy atom. The summed E-state index contributed by atoms with van der Waals surface area (Å²) in [6.45, 7) is 9.30. The van der Waals surface area contributed by atoms with Crippen molar-refractivity contribution in [1.82, 2.24) is 4.90 Å². The number of amides is 1. The lowest BCUT2D eigenvalue weighted by molar-refractivity contribution is -0.136. The van der Waals surface area contributed by atoms with E-state index in [1.54, 1.807) is 6.07 Å². The Labute approximate surface area is 177 Å². The van der Waals surface area contributed by atoms with Gasteiger partial charge in [-0.3, -0.25) is 9.52 Å². The summed E-state index contributed by atoms with van der Waals surface area (Å²) in [5.41, 5.74) is 2.48. The first-order valence-corrected chi connectivity index (χ1v) is 12.4. The third-order valence-electron chi connectivity index (χ3n) is 5.10. The molecule has 0 spiro atoms. The molecule has 1 aromatic rings. The summed E-state index contributed by atoms with van der Waals surface area (Å²) in [6.07, 6.45) is 4.00. The van der Waals surface area contributed by atoms with Crippen LogP contribution in [0.3, 0.4) is 0 Å². The van der Waals surface area contributed by atoms with E-state index in [2.05, 4.69) is 11.6 Å². The van der Waals surface area contributed by atoms with Crippen molar-refractivity contribution < 1.29 is 13.2 Å². The smallest absolute Gasteiger partial charge is 0.232 e. The molecular formula is C22H39N3O3S. The molecule has 1 amide bonds. The van der Waals surface area contributed by atoms with Crippen molar-refractivity contribution in [2.24, 2.45) is 5.92 Å². The molecule has 1 aromatic carbocycles. The molecule has 0 radical (unpaired) electrons. The van der Waals surface area contributed by atoms with Gasteiger partial charge in [0.15, 0.2) is 0 Å².